The van der Waals surface area contributed by atoms with Gasteiger partial charge in [0.25, 0.3) is 0 Å². The van der Waals surface area contributed by atoms with Gasteiger partial charge in [0, 0.05) is 12.1 Å². The summed E-state index contributed by atoms with van der Waals surface area (Å²) in [5, 5.41) is 14.0. The van der Waals surface area contributed by atoms with E-state index in [9.17, 15) is 14.9 Å². The Hall–Kier alpha value is -3.35. The summed E-state index contributed by atoms with van der Waals surface area (Å²) in [5.74, 6) is 0.431. The summed E-state index contributed by atoms with van der Waals surface area (Å²) < 4.78 is 10.8. The molecular weight excluding hydrogens is 348 g/mol. The van der Waals surface area contributed by atoms with Crippen molar-refractivity contribution in [3.8, 4) is 11.5 Å². The Morgan fingerprint density at radius 1 is 1.15 bits per heavy atom. The molecule has 0 bridgehead atoms. The van der Waals surface area contributed by atoms with Crippen LogP contribution in [0, 0.1) is 10.1 Å². The molecule has 142 valence electrons. The molecule has 0 spiro atoms. The van der Waals surface area contributed by atoms with Crippen LogP contribution in [0.15, 0.2) is 48.5 Å². The standard InChI is InChI=1S/C20H22N2O5/c1-3-13-27-19-11-9-15(14-17(19)22(24)25)10-12-20(23)21-16-7-5-6-8-18(16)26-4-2/h5-12,14H,3-4,13H2,1-2H3,(H,21,23)/b12-10+. The van der Waals surface area contributed by atoms with Gasteiger partial charge in [-0.3, -0.25) is 14.9 Å². The topological polar surface area (TPSA) is 90.7 Å². The Bertz CT molecular complexity index is 833. The Morgan fingerprint density at radius 2 is 1.93 bits per heavy atom. The van der Waals surface area contributed by atoms with Crippen LogP contribution in [0.3, 0.4) is 0 Å². The molecule has 1 amide bonds. The van der Waals surface area contributed by atoms with Crippen LogP contribution >= 0.6 is 0 Å². The number of hydrogen-bond donors (Lipinski definition) is 1. The molecule has 0 aliphatic carbocycles. The van der Waals surface area contributed by atoms with Gasteiger partial charge in [-0.05, 0) is 43.2 Å². The molecule has 0 radical (unpaired) electrons. The number of rotatable bonds is 9. The molecule has 0 saturated carbocycles. The van der Waals surface area contributed by atoms with Gasteiger partial charge in [-0.25, -0.2) is 0 Å². The number of nitrogens with zero attached hydrogens (tertiary/aromatic N) is 1. The molecule has 7 heteroatoms. The lowest BCUT2D eigenvalue weighted by atomic mass is 10.1. The highest BCUT2D eigenvalue weighted by Gasteiger charge is 2.15. The van der Waals surface area contributed by atoms with Crippen molar-refractivity contribution in [3.05, 3.63) is 64.2 Å². The number of nitro benzene ring substituents is 1. The zero-order valence-electron chi connectivity index (χ0n) is 15.3. The van der Waals surface area contributed by atoms with Crippen LogP contribution in [0.2, 0.25) is 0 Å². The SMILES string of the molecule is CCCOc1ccc(/C=C/C(=O)Nc2ccccc2OCC)cc1[N+](=O)[O-]. The zero-order chi connectivity index (χ0) is 19.6. The van der Waals surface area contributed by atoms with Gasteiger partial charge in [0.15, 0.2) is 5.75 Å². The number of nitrogens with one attached hydrogen (secondary N) is 1. The summed E-state index contributed by atoms with van der Waals surface area (Å²) in [4.78, 5) is 22.9. The van der Waals surface area contributed by atoms with E-state index in [-0.39, 0.29) is 17.3 Å². The average Bonchev–Trinajstić information content (AvgIpc) is 2.66. The molecule has 0 aromatic heterocycles. The van der Waals surface area contributed by atoms with Crippen LogP contribution in [-0.2, 0) is 4.79 Å². The van der Waals surface area contributed by atoms with Crippen molar-refractivity contribution in [1.29, 1.82) is 0 Å². The Morgan fingerprint density at radius 3 is 2.63 bits per heavy atom. The number of amides is 1. The van der Waals surface area contributed by atoms with Crippen LogP contribution < -0.4 is 14.8 Å². The maximum absolute atomic E-state index is 12.2. The molecule has 27 heavy (non-hydrogen) atoms. The van der Waals surface area contributed by atoms with Gasteiger partial charge >= 0.3 is 5.69 Å². The first kappa shape index (κ1) is 20.0. The number of carbonyl (C=O) groups excluding carboxylic acids is 1. The number of ether oxygens (including phenoxy) is 2. The molecule has 0 atom stereocenters. The van der Waals surface area contributed by atoms with Crippen molar-refractivity contribution < 1.29 is 19.2 Å². The summed E-state index contributed by atoms with van der Waals surface area (Å²) in [6, 6.07) is 11.7. The van der Waals surface area contributed by atoms with Gasteiger partial charge in [-0.1, -0.05) is 25.1 Å². The monoisotopic (exact) mass is 370 g/mol. The van der Waals surface area contributed by atoms with E-state index in [1.165, 1.54) is 24.3 Å². The van der Waals surface area contributed by atoms with Crippen molar-refractivity contribution in [2.24, 2.45) is 0 Å². The minimum Gasteiger partial charge on any atom is -0.492 e. The van der Waals surface area contributed by atoms with Gasteiger partial charge < -0.3 is 14.8 Å². The van der Waals surface area contributed by atoms with Crippen molar-refractivity contribution in [1.82, 2.24) is 0 Å². The minimum atomic E-state index is -0.499. The predicted octanol–water partition coefficient (Wildman–Crippen LogP) is 4.43. The van der Waals surface area contributed by atoms with E-state index in [2.05, 4.69) is 5.32 Å². The van der Waals surface area contributed by atoms with Gasteiger partial charge in [0.05, 0.1) is 23.8 Å². The molecule has 7 nitrogen and oxygen atoms in total. The van der Waals surface area contributed by atoms with E-state index < -0.39 is 4.92 Å². The molecule has 0 aliphatic rings. The van der Waals surface area contributed by atoms with Gasteiger partial charge in [0.1, 0.15) is 5.75 Å². The number of hydrogen-bond acceptors (Lipinski definition) is 5. The van der Waals surface area contributed by atoms with Crippen LogP contribution in [0.4, 0.5) is 11.4 Å². The maximum atomic E-state index is 12.2. The molecule has 2 aromatic rings. The van der Waals surface area contributed by atoms with Gasteiger partial charge in [-0.2, -0.15) is 0 Å². The Labute approximate surface area is 157 Å². The van der Waals surface area contributed by atoms with Crippen molar-refractivity contribution in [2.45, 2.75) is 20.3 Å². The third-order valence-electron chi connectivity index (χ3n) is 3.51. The lowest BCUT2D eigenvalue weighted by Crippen LogP contribution is -2.09. The van der Waals surface area contributed by atoms with Crippen LogP contribution in [-0.4, -0.2) is 24.0 Å². The average molecular weight is 370 g/mol. The Balaban J connectivity index is 2.12. The Kier molecular flexibility index (Phi) is 7.37. The first-order valence-electron chi connectivity index (χ1n) is 8.67. The number of carbonyl (C=O) groups is 1. The van der Waals surface area contributed by atoms with Crippen molar-refractivity contribution >= 4 is 23.4 Å². The van der Waals surface area contributed by atoms with Crippen LogP contribution in [0.25, 0.3) is 6.08 Å². The van der Waals surface area contributed by atoms with E-state index >= 15 is 0 Å². The second-order valence-corrected chi connectivity index (χ2v) is 5.58. The molecule has 2 rings (SSSR count). The normalized spacial score (nSPS) is 10.6. The summed E-state index contributed by atoms with van der Waals surface area (Å²) in [6.45, 7) is 4.67. The molecule has 2 aromatic carbocycles. The largest absolute Gasteiger partial charge is 0.492 e. The summed E-state index contributed by atoms with van der Waals surface area (Å²) >= 11 is 0. The van der Waals surface area contributed by atoms with Gasteiger partial charge in [-0.15, -0.1) is 0 Å². The van der Waals surface area contributed by atoms with E-state index in [0.29, 0.717) is 30.2 Å². The third-order valence-corrected chi connectivity index (χ3v) is 3.51. The smallest absolute Gasteiger partial charge is 0.311 e. The van der Waals surface area contributed by atoms with Crippen LogP contribution in [0.5, 0.6) is 11.5 Å². The fourth-order valence-electron chi connectivity index (χ4n) is 2.31. The second-order valence-electron chi connectivity index (χ2n) is 5.58. The second kappa shape index (κ2) is 9.96. The molecule has 0 unspecified atom stereocenters. The first-order chi connectivity index (χ1) is 13.0. The summed E-state index contributed by atoms with van der Waals surface area (Å²) in [5.41, 5.74) is 0.954. The molecule has 0 heterocycles. The highest BCUT2D eigenvalue weighted by molar-refractivity contribution is 6.02. The zero-order valence-corrected chi connectivity index (χ0v) is 15.3. The molecule has 0 saturated heterocycles. The molecule has 0 fully saturated rings. The number of benzene rings is 2. The summed E-state index contributed by atoms with van der Waals surface area (Å²) in [7, 11) is 0. The van der Waals surface area contributed by atoms with Crippen LogP contribution in [0.1, 0.15) is 25.8 Å². The predicted molar refractivity (Wildman–Crippen MR) is 104 cm³/mol. The highest BCUT2D eigenvalue weighted by atomic mass is 16.6. The lowest BCUT2D eigenvalue weighted by molar-refractivity contribution is -0.385. The number of para-hydroxylation sites is 2. The maximum Gasteiger partial charge on any atom is 0.311 e. The minimum absolute atomic E-state index is 0.132. The van der Waals surface area contributed by atoms with E-state index in [1.54, 1.807) is 24.3 Å². The van der Waals surface area contributed by atoms with E-state index in [4.69, 9.17) is 9.47 Å². The lowest BCUT2D eigenvalue weighted by Gasteiger charge is -2.09. The number of anilines is 1. The van der Waals surface area contributed by atoms with Crippen molar-refractivity contribution in [2.75, 3.05) is 18.5 Å². The molecule has 0 aliphatic heterocycles. The fourth-order valence-corrected chi connectivity index (χ4v) is 2.31. The van der Waals surface area contributed by atoms with Crippen molar-refractivity contribution in [3.63, 3.8) is 0 Å². The molecule has 1 N–H and O–H groups in total. The fraction of sp³-hybridized carbons (Fsp3) is 0.250. The third kappa shape index (κ3) is 5.85. The number of nitro groups is 1. The van der Waals surface area contributed by atoms with E-state index in [1.807, 2.05) is 19.9 Å². The first-order valence-corrected chi connectivity index (χ1v) is 8.67. The highest BCUT2D eigenvalue weighted by Crippen LogP contribution is 2.29. The van der Waals surface area contributed by atoms with E-state index in [0.717, 1.165) is 6.42 Å². The quantitative estimate of drug-likeness (QED) is 0.400. The molecular formula is C20H22N2O5. The van der Waals surface area contributed by atoms with Gasteiger partial charge in [0.2, 0.25) is 5.91 Å². The summed E-state index contributed by atoms with van der Waals surface area (Å²) in [6.07, 6.45) is 3.58.